The molecule has 1 aromatic carbocycles. The van der Waals surface area contributed by atoms with E-state index in [0.29, 0.717) is 22.1 Å². The van der Waals surface area contributed by atoms with Gasteiger partial charge in [0.1, 0.15) is 11.4 Å². The first-order valence-electron chi connectivity index (χ1n) is 10.2. The lowest BCUT2D eigenvalue weighted by atomic mass is 9.55. The van der Waals surface area contributed by atoms with E-state index in [0.717, 1.165) is 56.6 Å². The summed E-state index contributed by atoms with van der Waals surface area (Å²) in [5.41, 5.74) is 2.18. The summed E-state index contributed by atoms with van der Waals surface area (Å²) in [5, 5.41) is 10.5. The SMILES string of the molecule is COc1cc2c(cc1N(C(C)=O)S(=O)(=O)O)CC[C@@H]1[C@@H]2CC[C@]2(C)[C@H](O)CC[C@@H]12. The van der Waals surface area contributed by atoms with Gasteiger partial charge in [-0.05, 0) is 85.0 Å². The Kier molecular flexibility index (Phi) is 4.95. The molecule has 2 fully saturated rings. The van der Waals surface area contributed by atoms with E-state index in [1.165, 1.54) is 7.11 Å². The van der Waals surface area contributed by atoms with E-state index in [4.69, 9.17) is 4.74 Å². The van der Waals surface area contributed by atoms with Gasteiger partial charge in [0.05, 0.1) is 13.2 Å². The second-order valence-electron chi connectivity index (χ2n) is 9.04. The summed E-state index contributed by atoms with van der Waals surface area (Å²) in [6, 6.07) is 3.52. The van der Waals surface area contributed by atoms with Crippen molar-refractivity contribution < 1.29 is 27.6 Å². The van der Waals surface area contributed by atoms with Crippen LogP contribution in [0.2, 0.25) is 0 Å². The maximum absolute atomic E-state index is 12.0. The van der Waals surface area contributed by atoms with Crippen LogP contribution in [0.4, 0.5) is 5.69 Å². The van der Waals surface area contributed by atoms with E-state index in [1.807, 2.05) is 6.07 Å². The zero-order valence-electron chi connectivity index (χ0n) is 17.1. The van der Waals surface area contributed by atoms with Crippen molar-refractivity contribution >= 4 is 21.9 Å². The molecule has 29 heavy (non-hydrogen) atoms. The van der Waals surface area contributed by atoms with Crippen molar-refractivity contribution in [3.8, 4) is 5.75 Å². The predicted octanol–water partition coefficient (Wildman–Crippen LogP) is 3.07. The van der Waals surface area contributed by atoms with Crippen molar-refractivity contribution in [2.45, 2.75) is 64.4 Å². The number of anilines is 1. The third-order valence-electron chi connectivity index (χ3n) is 7.71. The Morgan fingerprint density at radius 1 is 1.24 bits per heavy atom. The zero-order chi connectivity index (χ0) is 21.1. The summed E-state index contributed by atoms with van der Waals surface area (Å²) in [6.07, 6.45) is 5.36. The van der Waals surface area contributed by atoms with Crippen LogP contribution in [0, 0.1) is 17.3 Å². The molecule has 2 N–H and O–H groups in total. The quantitative estimate of drug-likeness (QED) is 0.724. The van der Waals surface area contributed by atoms with Gasteiger partial charge in [0.2, 0.25) is 5.91 Å². The van der Waals surface area contributed by atoms with Crippen LogP contribution in [0.5, 0.6) is 5.75 Å². The van der Waals surface area contributed by atoms with Gasteiger partial charge in [-0.15, -0.1) is 0 Å². The van der Waals surface area contributed by atoms with Crippen LogP contribution in [0.3, 0.4) is 0 Å². The number of hydrogen-bond acceptors (Lipinski definition) is 5. The van der Waals surface area contributed by atoms with Gasteiger partial charge in [-0.1, -0.05) is 6.92 Å². The van der Waals surface area contributed by atoms with Crippen molar-refractivity contribution in [2.75, 3.05) is 11.4 Å². The maximum atomic E-state index is 12.0. The third kappa shape index (κ3) is 3.16. The maximum Gasteiger partial charge on any atom is 0.366 e. The van der Waals surface area contributed by atoms with E-state index in [9.17, 15) is 22.9 Å². The highest BCUT2D eigenvalue weighted by Gasteiger charge is 2.54. The van der Waals surface area contributed by atoms with E-state index in [2.05, 4.69) is 6.92 Å². The van der Waals surface area contributed by atoms with E-state index in [1.54, 1.807) is 6.07 Å². The number of amides is 1. The summed E-state index contributed by atoms with van der Waals surface area (Å²) in [5.74, 6) is 0.771. The minimum Gasteiger partial charge on any atom is -0.495 e. The number of fused-ring (bicyclic) bond motifs is 5. The molecule has 5 atom stereocenters. The first kappa shape index (κ1) is 20.6. The Morgan fingerprint density at radius 3 is 2.59 bits per heavy atom. The molecule has 1 aromatic rings. The van der Waals surface area contributed by atoms with Gasteiger partial charge in [-0.25, -0.2) is 0 Å². The summed E-state index contributed by atoms with van der Waals surface area (Å²) in [4.78, 5) is 12.0. The Hall–Kier alpha value is -1.64. The number of nitrogens with zero attached hydrogens (tertiary/aromatic N) is 1. The normalized spacial score (nSPS) is 33.4. The first-order valence-corrected chi connectivity index (χ1v) is 11.6. The summed E-state index contributed by atoms with van der Waals surface area (Å²) in [6.45, 7) is 3.32. The molecule has 2 saturated carbocycles. The van der Waals surface area contributed by atoms with Crippen LogP contribution in [-0.2, 0) is 21.5 Å². The lowest BCUT2D eigenvalue weighted by molar-refractivity contribution is -0.115. The molecular weight excluding hydrogens is 394 g/mol. The molecule has 0 bridgehead atoms. The van der Waals surface area contributed by atoms with Gasteiger partial charge in [-0.3, -0.25) is 9.35 Å². The smallest absolute Gasteiger partial charge is 0.366 e. The van der Waals surface area contributed by atoms with Crippen LogP contribution >= 0.6 is 0 Å². The minimum absolute atomic E-state index is 0.0148. The second-order valence-corrected chi connectivity index (χ2v) is 10.3. The molecule has 0 radical (unpaired) electrons. The third-order valence-corrected chi connectivity index (χ3v) is 8.63. The molecule has 3 aliphatic carbocycles. The second kappa shape index (κ2) is 6.96. The van der Waals surface area contributed by atoms with Gasteiger partial charge in [0.15, 0.2) is 0 Å². The van der Waals surface area contributed by atoms with Crippen LogP contribution in [0.25, 0.3) is 0 Å². The van der Waals surface area contributed by atoms with Crippen LogP contribution < -0.4 is 9.04 Å². The molecule has 160 valence electrons. The van der Waals surface area contributed by atoms with Crippen LogP contribution in [0.1, 0.15) is 63.0 Å². The largest absolute Gasteiger partial charge is 0.495 e. The number of aliphatic hydroxyl groups excluding tert-OH is 1. The van der Waals surface area contributed by atoms with Crippen molar-refractivity contribution in [3.05, 3.63) is 23.3 Å². The van der Waals surface area contributed by atoms with Gasteiger partial charge in [-0.2, -0.15) is 12.7 Å². The molecule has 7 nitrogen and oxygen atoms in total. The predicted molar refractivity (Wildman–Crippen MR) is 108 cm³/mol. The number of carbonyl (C=O) groups is 1. The van der Waals surface area contributed by atoms with Crippen molar-refractivity contribution in [1.29, 1.82) is 0 Å². The van der Waals surface area contributed by atoms with Gasteiger partial charge >= 0.3 is 10.3 Å². The fraction of sp³-hybridized carbons (Fsp3) is 0.667. The monoisotopic (exact) mass is 423 g/mol. The molecule has 0 unspecified atom stereocenters. The summed E-state index contributed by atoms with van der Waals surface area (Å²) < 4.78 is 39.0. The fourth-order valence-electron chi connectivity index (χ4n) is 6.34. The Morgan fingerprint density at radius 2 is 1.97 bits per heavy atom. The van der Waals surface area contributed by atoms with Crippen LogP contribution in [-0.4, -0.2) is 37.2 Å². The molecule has 4 rings (SSSR count). The number of aliphatic hydroxyl groups is 1. The fourth-order valence-corrected chi connectivity index (χ4v) is 7.05. The van der Waals surface area contributed by atoms with Crippen molar-refractivity contribution in [1.82, 2.24) is 0 Å². The lowest BCUT2D eigenvalue weighted by Gasteiger charge is -2.50. The minimum atomic E-state index is -4.75. The Labute approximate surface area is 171 Å². The number of rotatable bonds is 3. The van der Waals surface area contributed by atoms with Gasteiger partial charge < -0.3 is 9.84 Å². The first-order chi connectivity index (χ1) is 13.6. The summed E-state index contributed by atoms with van der Waals surface area (Å²) >= 11 is 0. The number of carbonyl (C=O) groups excluding carboxylic acids is 1. The Balaban J connectivity index is 1.77. The highest BCUT2D eigenvalue weighted by molar-refractivity contribution is 7.88. The highest BCUT2D eigenvalue weighted by atomic mass is 32.2. The molecular formula is C21H29NO6S. The lowest BCUT2D eigenvalue weighted by Crippen LogP contribution is -2.44. The van der Waals surface area contributed by atoms with E-state index in [-0.39, 0.29) is 23.0 Å². The topological polar surface area (TPSA) is 104 Å². The van der Waals surface area contributed by atoms with Gasteiger partial charge in [0.25, 0.3) is 0 Å². The highest BCUT2D eigenvalue weighted by Crippen LogP contribution is 2.61. The summed E-state index contributed by atoms with van der Waals surface area (Å²) in [7, 11) is -3.32. The van der Waals surface area contributed by atoms with Crippen molar-refractivity contribution in [3.63, 3.8) is 0 Å². The average molecular weight is 424 g/mol. The van der Waals surface area contributed by atoms with Gasteiger partial charge in [0, 0.05) is 6.92 Å². The molecule has 0 aliphatic heterocycles. The average Bonchev–Trinajstić information content (AvgIpc) is 2.94. The zero-order valence-corrected chi connectivity index (χ0v) is 17.9. The number of ether oxygens (including phenoxy) is 1. The molecule has 0 saturated heterocycles. The molecule has 0 aromatic heterocycles. The standard InChI is InChI=1S/C21H29NO6S/c1-12(23)22(29(25,26)27)18-10-13-4-5-15-14(16(13)11-19(18)28-3)8-9-21(2)17(15)6-7-20(21)24/h10-11,14-15,17,20,24H,4-9H2,1-3H3,(H,25,26,27)/t14-,15+,17-,20+,21-/m0/s1. The molecule has 0 heterocycles. The number of methoxy groups -OCH3 is 1. The van der Waals surface area contributed by atoms with Crippen LogP contribution in [0.15, 0.2) is 12.1 Å². The van der Waals surface area contributed by atoms with E-state index < -0.39 is 16.2 Å². The molecule has 0 spiro atoms. The number of hydrogen-bond donors (Lipinski definition) is 2. The molecule has 1 amide bonds. The molecule has 3 aliphatic rings. The van der Waals surface area contributed by atoms with E-state index >= 15 is 0 Å². The van der Waals surface area contributed by atoms with Crippen molar-refractivity contribution in [2.24, 2.45) is 17.3 Å². The Bertz CT molecular complexity index is 945. The molecule has 8 heteroatoms. The number of benzene rings is 1. The number of aryl methyl sites for hydroxylation is 1.